The summed E-state index contributed by atoms with van der Waals surface area (Å²) in [4.78, 5) is 7.06. The quantitative estimate of drug-likeness (QED) is 0.644. The van der Waals surface area contributed by atoms with E-state index < -0.39 is 17.8 Å². The summed E-state index contributed by atoms with van der Waals surface area (Å²) < 4.78 is 51.7. The maximum absolute atomic E-state index is 12.9. The van der Waals surface area contributed by atoms with Gasteiger partial charge in [0, 0.05) is 11.8 Å². The first kappa shape index (κ1) is 12.5. The van der Waals surface area contributed by atoms with E-state index in [-0.39, 0.29) is 5.78 Å². The molecule has 0 spiro atoms. The molecule has 2 aromatic heterocycles. The summed E-state index contributed by atoms with van der Waals surface area (Å²) in [6.07, 6.45) is -3.32. The minimum absolute atomic E-state index is 0.167. The van der Waals surface area contributed by atoms with E-state index >= 15 is 0 Å². The van der Waals surface area contributed by atoms with Gasteiger partial charge in [-0.05, 0) is 30.3 Å². The van der Waals surface area contributed by atoms with Crippen LogP contribution < -0.4 is 0 Å². The number of benzene rings is 1. The van der Waals surface area contributed by atoms with Crippen LogP contribution in [-0.4, -0.2) is 19.6 Å². The Hall–Kier alpha value is -2.51. The van der Waals surface area contributed by atoms with Gasteiger partial charge in [0.15, 0.2) is 0 Å². The molecule has 0 aliphatic heterocycles. The van der Waals surface area contributed by atoms with Crippen LogP contribution in [0.25, 0.3) is 17.0 Å². The second-order valence-electron chi connectivity index (χ2n) is 3.98. The highest BCUT2D eigenvalue weighted by Crippen LogP contribution is 2.27. The molecule has 2 heterocycles. The fourth-order valence-electron chi connectivity index (χ4n) is 1.75. The van der Waals surface area contributed by atoms with Gasteiger partial charge in [-0.15, -0.1) is 5.10 Å². The lowest BCUT2D eigenvalue weighted by molar-refractivity contribution is -0.144. The molecule has 0 unspecified atom stereocenters. The van der Waals surface area contributed by atoms with E-state index in [1.807, 2.05) is 0 Å². The van der Waals surface area contributed by atoms with Crippen molar-refractivity contribution in [3.63, 3.8) is 0 Å². The monoisotopic (exact) mass is 282 g/mol. The molecule has 0 bridgehead atoms. The molecule has 0 radical (unpaired) electrons. The SMILES string of the molecule is Fc1ccc(-c2ccnc3nc(C(F)(F)F)nn23)cc1. The topological polar surface area (TPSA) is 43.1 Å². The molecule has 20 heavy (non-hydrogen) atoms. The van der Waals surface area contributed by atoms with Crippen molar-refractivity contribution >= 4 is 5.78 Å². The Morgan fingerprint density at radius 1 is 1.00 bits per heavy atom. The van der Waals surface area contributed by atoms with Crippen molar-refractivity contribution < 1.29 is 17.6 Å². The maximum atomic E-state index is 12.9. The maximum Gasteiger partial charge on any atom is 0.453 e. The Morgan fingerprint density at radius 3 is 2.35 bits per heavy atom. The first-order valence-corrected chi connectivity index (χ1v) is 5.50. The van der Waals surface area contributed by atoms with Gasteiger partial charge in [0.25, 0.3) is 11.6 Å². The van der Waals surface area contributed by atoms with Gasteiger partial charge in [0.1, 0.15) is 5.82 Å². The normalized spacial score (nSPS) is 12.0. The van der Waals surface area contributed by atoms with E-state index in [4.69, 9.17) is 0 Å². The Kier molecular flexibility index (Phi) is 2.66. The van der Waals surface area contributed by atoms with Crippen molar-refractivity contribution in [2.75, 3.05) is 0 Å². The number of hydrogen-bond acceptors (Lipinski definition) is 3. The second-order valence-corrected chi connectivity index (χ2v) is 3.98. The Balaban J connectivity index is 2.21. The predicted octanol–water partition coefficient (Wildman–Crippen LogP) is 2.95. The summed E-state index contributed by atoms with van der Waals surface area (Å²) >= 11 is 0. The summed E-state index contributed by atoms with van der Waals surface area (Å²) in [5.41, 5.74) is 0.857. The number of halogens is 4. The zero-order valence-corrected chi connectivity index (χ0v) is 9.76. The number of alkyl halides is 3. The van der Waals surface area contributed by atoms with E-state index in [0.717, 1.165) is 4.52 Å². The average Bonchev–Trinajstić information content (AvgIpc) is 2.83. The third-order valence-corrected chi connectivity index (χ3v) is 2.63. The molecule has 3 aromatic rings. The summed E-state index contributed by atoms with van der Waals surface area (Å²) in [6.45, 7) is 0. The van der Waals surface area contributed by atoms with Crippen molar-refractivity contribution in [3.8, 4) is 11.3 Å². The number of hydrogen-bond donors (Lipinski definition) is 0. The molecule has 0 fully saturated rings. The highest BCUT2D eigenvalue weighted by Gasteiger charge is 2.36. The lowest BCUT2D eigenvalue weighted by atomic mass is 10.1. The summed E-state index contributed by atoms with van der Waals surface area (Å²) in [6, 6.07) is 6.79. The molecule has 0 saturated heterocycles. The largest absolute Gasteiger partial charge is 0.453 e. The van der Waals surface area contributed by atoms with E-state index in [1.54, 1.807) is 0 Å². The lowest BCUT2D eigenvalue weighted by Gasteiger charge is -2.03. The lowest BCUT2D eigenvalue weighted by Crippen LogP contribution is -2.07. The number of aromatic nitrogens is 4. The van der Waals surface area contributed by atoms with Gasteiger partial charge in [0.2, 0.25) is 0 Å². The first-order valence-electron chi connectivity index (χ1n) is 5.50. The zero-order chi connectivity index (χ0) is 14.3. The third-order valence-electron chi connectivity index (χ3n) is 2.63. The van der Waals surface area contributed by atoms with E-state index in [1.165, 1.54) is 36.5 Å². The van der Waals surface area contributed by atoms with Crippen LogP contribution in [0.5, 0.6) is 0 Å². The van der Waals surface area contributed by atoms with Crippen LogP contribution in [0.1, 0.15) is 5.82 Å². The fourth-order valence-corrected chi connectivity index (χ4v) is 1.75. The second kappa shape index (κ2) is 4.26. The van der Waals surface area contributed by atoms with Crippen molar-refractivity contribution in [2.45, 2.75) is 6.18 Å². The standard InChI is InChI=1S/C12H6F4N4/c13-8-3-1-7(2-4-8)9-5-6-17-11-18-10(12(14,15)16)19-20(9)11/h1-6H. The molecule has 0 amide bonds. The van der Waals surface area contributed by atoms with Gasteiger partial charge >= 0.3 is 6.18 Å². The third kappa shape index (κ3) is 2.09. The number of nitrogens with zero attached hydrogens (tertiary/aromatic N) is 4. The van der Waals surface area contributed by atoms with Crippen LogP contribution in [0.4, 0.5) is 17.6 Å². The molecule has 1 aromatic carbocycles. The predicted molar refractivity (Wildman–Crippen MR) is 61.2 cm³/mol. The molecule has 0 atom stereocenters. The van der Waals surface area contributed by atoms with Gasteiger partial charge in [-0.3, -0.25) is 0 Å². The minimum atomic E-state index is -4.65. The molecule has 3 rings (SSSR count). The van der Waals surface area contributed by atoms with Gasteiger partial charge in [-0.25, -0.2) is 9.37 Å². The molecule has 4 nitrogen and oxygen atoms in total. The minimum Gasteiger partial charge on any atom is -0.220 e. The Morgan fingerprint density at radius 2 is 1.70 bits per heavy atom. The van der Waals surface area contributed by atoms with Crippen LogP contribution in [0.3, 0.4) is 0 Å². The van der Waals surface area contributed by atoms with Gasteiger partial charge in [-0.1, -0.05) is 0 Å². The highest BCUT2D eigenvalue weighted by atomic mass is 19.4. The van der Waals surface area contributed by atoms with Crippen LogP contribution in [0.15, 0.2) is 36.5 Å². The van der Waals surface area contributed by atoms with E-state index in [9.17, 15) is 17.6 Å². The van der Waals surface area contributed by atoms with Crippen LogP contribution in [0.2, 0.25) is 0 Å². The van der Waals surface area contributed by atoms with Gasteiger partial charge in [-0.2, -0.15) is 22.7 Å². The molecule has 0 N–H and O–H groups in total. The number of rotatable bonds is 1. The van der Waals surface area contributed by atoms with Crippen molar-refractivity contribution in [1.29, 1.82) is 0 Å². The molecule has 0 aliphatic carbocycles. The Bertz CT molecular complexity index is 761. The smallest absolute Gasteiger partial charge is 0.220 e. The van der Waals surface area contributed by atoms with E-state index in [0.29, 0.717) is 11.3 Å². The van der Waals surface area contributed by atoms with Crippen LogP contribution in [-0.2, 0) is 6.18 Å². The van der Waals surface area contributed by atoms with Crippen LogP contribution in [0, 0.1) is 5.82 Å². The number of fused-ring (bicyclic) bond motifs is 1. The van der Waals surface area contributed by atoms with E-state index in [2.05, 4.69) is 15.1 Å². The van der Waals surface area contributed by atoms with Crippen LogP contribution >= 0.6 is 0 Å². The van der Waals surface area contributed by atoms with Crippen molar-refractivity contribution in [2.24, 2.45) is 0 Å². The molecule has 0 aliphatic rings. The molecular weight excluding hydrogens is 276 g/mol. The zero-order valence-electron chi connectivity index (χ0n) is 9.76. The molecular formula is C12H6F4N4. The first-order chi connectivity index (χ1) is 9.45. The highest BCUT2D eigenvalue weighted by molar-refractivity contribution is 5.61. The van der Waals surface area contributed by atoms with Crippen molar-refractivity contribution in [3.05, 3.63) is 48.2 Å². The average molecular weight is 282 g/mol. The van der Waals surface area contributed by atoms with Crippen molar-refractivity contribution in [1.82, 2.24) is 19.6 Å². The summed E-state index contributed by atoms with van der Waals surface area (Å²) in [5.74, 6) is -1.87. The fraction of sp³-hybridized carbons (Fsp3) is 0.0833. The van der Waals surface area contributed by atoms with Gasteiger partial charge < -0.3 is 0 Å². The van der Waals surface area contributed by atoms with Gasteiger partial charge in [0.05, 0.1) is 5.69 Å². The Labute approximate surface area is 109 Å². The molecule has 0 saturated carbocycles. The summed E-state index contributed by atoms with van der Waals surface area (Å²) in [5, 5.41) is 3.41. The molecule has 8 heteroatoms. The summed E-state index contributed by atoms with van der Waals surface area (Å²) in [7, 11) is 0. The molecule has 102 valence electrons.